The fourth-order valence-electron chi connectivity index (χ4n) is 1.47. The van der Waals surface area contributed by atoms with Gasteiger partial charge in [-0.3, -0.25) is 4.79 Å². The quantitative estimate of drug-likeness (QED) is 0.810. The van der Waals surface area contributed by atoms with Crippen LogP contribution in [-0.4, -0.2) is 22.3 Å². The van der Waals surface area contributed by atoms with Gasteiger partial charge in [-0.2, -0.15) is 0 Å². The van der Waals surface area contributed by atoms with Crippen LogP contribution in [0.5, 0.6) is 0 Å². The highest BCUT2D eigenvalue weighted by Gasteiger charge is 2.29. The number of aryl methyl sites for hydroxylation is 1. The summed E-state index contributed by atoms with van der Waals surface area (Å²) in [6.45, 7) is 5.73. The standard InChI is InChI=1S/C11H17ClN2O2/c1-4-11(5-2,6-12)14-10(15)9-8(3)13-7-16-9/h7H,4-6H2,1-3H3,(H,14,15). The van der Waals surface area contributed by atoms with E-state index in [1.807, 2.05) is 13.8 Å². The van der Waals surface area contributed by atoms with Gasteiger partial charge in [-0.25, -0.2) is 4.98 Å². The summed E-state index contributed by atoms with van der Waals surface area (Å²) in [4.78, 5) is 15.8. The number of rotatable bonds is 5. The summed E-state index contributed by atoms with van der Waals surface area (Å²) in [7, 11) is 0. The molecule has 90 valence electrons. The molecule has 0 bridgehead atoms. The smallest absolute Gasteiger partial charge is 0.289 e. The Morgan fingerprint density at radius 1 is 1.56 bits per heavy atom. The predicted octanol–water partition coefficient (Wildman–Crippen LogP) is 2.51. The lowest BCUT2D eigenvalue weighted by atomic mass is 9.95. The van der Waals surface area contributed by atoms with Crippen molar-refractivity contribution in [3.63, 3.8) is 0 Å². The van der Waals surface area contributed by atoms with Crippen LogP contribution in [0, 0.1) is 6.92 Å². The van der Waals surface area contributed by atoms with Crippen molar-refractivity contribution in [1.29, 1.82) is 0 Å². The van der Waals surface area contributed by atoms with E-state index >= 15 is 0 Å². The lowest BCUT2D eigenvalue weighted by Gasteiger charge is -2.30. The molecule has 1 rings (SSSR count). The number of carbonyl (C=O) groups is 1. The summed E-state index contributed by atoms with van der Waals surface area (Å²) in [5.41, 5.74) is 0.228. The van der Waals surface area contributed by atoms with Crippen LogP contribution in [0.25, 0.3) is 0 Å². The zero-order valence-electron chi connectivity index (χ0n) is 9.84. The molecule has 1 heterocycles. The number of oxazole rings is 1. The Balaban J connectivity index is 2.81. The van der Waals surface area contributed by atoms with Gasteiger partial charge in [0.2, 0.25) is 5.76 Å². The third kappa shape index (κ3) is 2.55. The highest BCUT2D eigenvalue weighted by Crippen LogP contribution is 2.18. The van der Waals surface area contributed by atoms with E-state index in [0.29, 0.717) is 11.6 Å². The van der Waals surface area contributed by atoms with E-state index in [1.165, 1.54) is 6.39 Å². The van der Waals surface area contributed by atoms with E-state index in [1.54, 1.807) is 6.92 Å². The van der Waals surface area contributed by atoms with E-state index in [-0.39, 0.29) is 17.2 Å². The average molecular weight is 245 g/mol. The van der Waals surface area contributed by atoms with Crippen LogP contribution >= 0.6 is 11.6 Å². The Hall–Kier alpha value is -1.03. The second-order valence-corrected chi connectivity index (χ2v) is 4.11. The average Bonchev–Trinajstić information content (AvgIpc) is 2.72. The Bertz CT molecular complexity index is 350. The summed E-state index contributed by atoms with van der Waals surface area (Å²) in [6.07, 6.45) is 2.84. The lowest BCUT2D eigenvalue weighted by Crippen LogP contribution is -2.49. The van der Waals surface area contributed by atoms with E-state index in [4.69, 9.17) is 16.0 Å². The van der Waals surface area contributed by atoms with Gasteiger partial charge in [0.15, 0.2) is 6.39 Å². The maximum absolute atomic E-state index is 11.9. The summed E-state index contributed by atoms with van der Waals surface area (Å²) in [5, 5.41) is 2.92. The number of hydrogen-bond acceptors (Lipinski definition) is 3. The van der Waals surface area contributed by atoms with Crippen molar-refractivity contribution in [2.75, 3.05) is 5.88 Å². The van der Waals surface area contributed by atoms with Crippen molar-refractivity contribution in [2.24, 2.45) is 0 Å². The van der Waals surface area contributed by atoms with Gasteiger partial charge in [0.25, 0.3) is 5.91 Å². The molecule has 1 amide bonds. The van der Waals surface area contributed by atoms with Gasteiger partial charge < -0.3 is 9.73 Å². The highest BCUT2D eigenvalue weighted by atomic mass is 35.5. The molecule has 5 heteroatoms. The molecule has 16 heavy (non-hydrogen) atoms. The van der Waals surface area contributed by atoms with Gasteiger partial charge in [0, 0.05) is 5.88 Å². The van der Waals surface area contributed by atoms with Crippen LogP contribution < -0.4 is 5.32 Å². The van der Waals surface area contributed by atoms with Gasteiger partial charge in [-0.1, -0.05) is 13.8 Å². The summed E-state index contributed by atoms with van der Waals surface area (Å²) >= 11 is 5.91. The summed E-state index contributed by atoms with van der Waals surface area (Å²) in [5.74, 6) is 0.398. The largest absolute Gasteiger partial charge is 0.438 e. The minimum absolute atomic E-state index is 0.251. The second-order valence-electron chi connectivity index (χ2n) is 3.84. The fourth-order valence-corrected chi connectivity index (χ4v) is 1.91. The molecule has 0 aromatic carbocycles. The first kappa shape index (κ1) is 13.0. The number of halogens is 1. The number of hydrogen-bond donors (Lipinski definition) is 1. The highest BCUT2D eigenvalue weighted by molar-refractivity contribution is 6.18. The Labute approximate surface area is 100 Å². The van der Waals surface area contributed by atoms with Crippen LogP contribution in [0.3, 0.4) is 0 Å². The molecule has 4 nitrogen and oxygen atoms in total. The number of nitrogens with one attached hydrogen (secondary N) is 1. The van der Waals surface area contributed by atoms with Crippen LogP contribution in [0.4, 0.5) is 0 Å². The van der Waals surface area contributed by atoms with Crippen molar-refractivity contribution >= 4 is 17.5 Å². The predicted molar refractivity (Wildman–Crippen MR) is 62.7 cm³/mol. The van der Waals surface area contributed by atoms with Crippen LogP contribution in [0.2, 0.25) is 0 Å². The monoisotopic (exact) mass is 244 g/mol. The van der Waals surface area contributed by atoms with E-state index in [9.17, 15) is 4.79 Å². The van der Waals surface area contributed by atoms with Crippen LogP contribution in [0.1, 0.15) is 42.9 Å². The van der Waals surface area contributed by atoms with Gasteiger partial charge in [0.05, 0.1) is 11.2 Å². The van der Waals surface area contributed by atoms with Crippen LogP contribution in [0.15, 0.2) is 10.8 Å². The number of nitrogens with zero attached hydrogens (tertiary/aromatic N) is 1. The molecule has 1 aromatic heterocycles. The van der Waals surface area contributed by atoms with Gasteiger partial charge in [-0.15, -0.1) is 11.6 Å². The summed E-state index contributed by atoms with van der Waals surface area (Å²) < 4.78 is 5.04. The van der Waals surface area contributed by atoms with E-state index in [0.717, 1.165) is 12.8 Å². The SMILES string of the molecule is CCC(CC)(CCl)NC(=O)c1ocnc1C. The summed E-state index contributed by atoms with van der Waals surface area (Å²) in [6, 6.07) is 0. The molecular weight excluding hydrogens is 228 g/mol. The molecule has 0 aliphatic heterocycles. The molecule has 1 N–H and O–H groups in total. The first-order valence-electron chi connectivity index (χ1n) is 5.37. The molecule has 0 fully saturated rings. The fraction of sp³-hybridized carbons (Fsp3) is 0.636. The third-order valence-electron chi connectivity index (χ3n) is 2.94. The molecule has 1 aromatic rings. The molecule has 0 atom stereocenters. The third-order valence-corrected chi connectivity index (χ3v) is 3.45. The topological polar surface area (TPSA) is 55.1 Å². The zero-order valence-corrected chi connectivity index (χ0v) is 10.6. The Kier molecular flexibility index (Phi) is 4.35. The first-order valence-corrected chi connectivity index (χ1v) is 5.90. The number of carbonyl (C=O) groups excluding carboxylic acids is 1. The van der Waals surface area contributed by atoms with E-state index in [2.05, 4.69) is 10.3 Å². The molecule has 0 unspecified atom stereocenters. The Morgan fingerprint density at radius 2 is 2.19 bits per heavy atom. The molecule has 0 spiro atoms. The van der Waals surface area contributed by atoms with Crippen molar-refractivity contribution in [2.45, 2.75) is 39.2 Å². The van der Waals surface area contributed by atoms with Crippen molar-refractivity contribution in [3.05, 3.63) is 17.8 Å². The number of amides is 1. The maximum Gasteiger partial charge on any atom is 0.289 e. The van der Waals surface area contributed by atoms with Crippen LogP contribution in [-0.2, 0) is 0 Å². The number of alkyl halides is 1. The minimum atomic E-state index is -0.363. The molecular formula is C11H17ClN2O2. The molecule has 0 saturated carbocycles. The minimum Gasteiger partial charge on any atom is -0.438 e. The molecule has 0 aliphatic carbocycles. The zero-order chi connectivity index (χ0) is 12.2. The Morgan fingerprint density at radius 3 is 2.56 bits per heavy atom. The first-order chi connectivity index (χ1) is 7.58. The van der Waals surface area contributed by atoms with Crippen molar-refractivity contribution in [1.82, 2.24) is 10.3 Å². The van der Waals surface area contributed by atoms with Gasteiger partial charge >= 0.3 is 0 Å². The van der Waals surface area contributed by atoms with Crippen molar-refractivity contribution < 1.29 is 9.21 Å². The lowest BCUT2D eigenvalue weighted by molar-refractivity contribution is 0.0873. The van der Waals surface area contributed by atoms with Gasteiger partial charge in [0.1, 0.15) is 0 Å². The maximum atomic E-state index is 11.9. The number of aromatic nitrogens is 1. The normalized spacial score (nSPS) is 11.5. The molecule has 0 aliphatic rings. The second kappa shape index (κ2) is 5.34. The molecule has 0 radical (unpaired) electrons. The molecule has 0 saturated heterocycles. The van der Waals surface area contributed by atoms with Crippen molar-refractivity contribution in [3.8, 4) is 0 Å². The van der Waals surface area contributed by atoms with Gasteiger partial charge in [-0.05, 0) is 19.8 Å². The van der Waals surface area contributed by atoms with E-state index < -0.39 is 0 Å².